The fourth-order valence-electron chi connectivity index (χ4n) is 9.58. The Morgan fingerprint density at radius 2 is 0.687 bits per heavy atom. The van der Waals surface area contributed by atoms with Crippen LogP contribution >= 0.6 is 0 Å². The summed E-state index contributed by atoms with van der Waals surface area (Å²) in [5.41, 5.74) is 0. The maximum atomic E-state index is 12.9. The average molecular weight is 1160 g/mol. The molecule has 0 saturated carbocycles. The molecule has 2 atom stereocenters. The minimum atomic E-state index is -1.52. The number of hydrogen-bond donors (Lipinski definition) is 1. The molecule has 0 aromatic heterocycles. The molecule has 478 valence electrons. The predicted molar refractivity (Wildman–Crippen MR) is 355 cm³/mol. The Labute approximate surface area is 512 Å². The van der Waals surface area contributed by atoms with E-state index in [4.69, 9.17) is 18.9 Å². The highest BCUT2D eigenvalue weighted by atomic mass is 16.7. The molecule has 9 heteroatoms. The molecule has 0 aliphatic carbocycles. The van der Waals surface area contributed by atoms with Gasteiger partial charge in [-0.3, -0.25) is 9.59 Å². The number of likely N-dealkylation sites (N-methyl/N-ethyl adjacent to an activating group) is 1. The molecule has 0 aliphatic heterocycles. The van der Waals surface area contributed by atoms with Gasteiger partial charge in [-0.1, -0.05) is 284 Å². The van der Waals surface area contributed by atoms with Crippen LogP contribution in [0.2, 0.25) is 0 Å². The molecule has 0 bridgehead atoms. The summed E-state index contributed by atoms with van der Waals surface area (Å²) in [7, 11) is 5.97. The van der Waals surface area contributed by atoms with Crippen molar-refractivity contribution in [2.45, 2.75) is 309 Å². The zero-order chi connectivity index (χ0) is 60.5. The highest BCUT2D eigenvalue weighted by molar-refractivity contribution is 5.71. The van der Waals surface area contributed by atoms with Crippen LogP contribution in [-0.4, -0.2) is 87.4 Å². The average Bonchev–Trinajstić information content (AvgIpc) is 3.46. The van der Waals surface area contributed by atoms with E-state index in [0.29, 0.717) is 23.9 Å². The normalized spacial score (nSPS) is 13.3. The van der Waals surface area contributed by atoms with Crippen LogP contribution in [0.4, 0.5) is 0 Å². The van der Waals surface area contributed by atoms with Gasteiger partial charge in [0, 0.05) is 12.8 Å². The van der Waals surface area contributed by atoms with E-state index >= 15 is 0 Å². The third-order valence-electron chi connectivity index (χ3n) is 14.8. The molecule has 0 aromatic rings. The van der Waals surface area contributed by atoms with Crippen LogP contribution in [0.15, 0.2) is 97.2 Å². The molecule has 0 saturated heterocycles. The van der Waals surface area contributed by atoms with Gasteiger partial charge in [-0.2, -0.15) is 0 Å². The Balaban J connectivity index is 4.17. The number of carboxylic acid groups (broad SMARTS) is 1. The fraction of sp³-hybridized carbons (Fsp3) is 0.743. The standard InChI is InChI=1S/C74H129NO8/c1-6-8-10-12-14-16-18-20-22-24-26-28-30-32-34-36-38-40-42-44-46-48-50-52-54-56-58-60-62-64-71(76)81-68-70(69-82-74(73(78)79)80-67-66-75(3,4)5)83-72(77)65-63-61-59-57-55-53-51-49-47-45-43-41-39-37-35-33-31-29-27-25-23-21-19-17-15-13-11-9-7-2/h9,11,15,17,21,23-24,26-27,29,33,35,39,41,45,47,70,74H,6-8,10,12-14,16,18-20,22,25,28,30-32,34,36-38,40,42-44,46,48-69H2,1-5H3/p+1/b11-9-,17-15-,23-21-,26-24-,29-27-,35-33-,41-39-,47-45-. The molecule has 0 aliphatic rings. The van der Waals surface area contributed by atoms with Crippen LogP contribution in [0.1, 0.15) is 296 Å². The van der Waals surface area contributed by atoms with E-state index in [2.05, 4.69) is 111 Å². The molecular weight excluding hydrogens is 1030 g/mol. The van der Waals surface area contributed by atoms with E-state index in [0.717, 1.165) is 89.9 Å². The maximum Gasteiger partial charge on any atom is 0.361 e. The summed E-state index contributed by atoms with van der Waals surface area (Å²) in [6, 6.07) is 0. The SMILES string of the molecule is CC/C=C\C/C=C\C/C=C\C/C=C\C/C=C\C/C=C\C/C=C\CCCCCCCCCC(=O)OC(COC(=O)CCCCCCCCCCCCCCCCCCC/C=C\CCCCCCCCCC)COC(OCC[N+](C)(C)C)C(=O)O. The molecule has 0 radical (unpaired) electrons. The van der Waals surface area contributed by atoms with Crippen molar-refractivity contribution in [3.63, 3.8) is 0 Å². The zero-order valence-corrected chi connectivity index (χ0v) is 54.6. The van der Waals surface area contributed by atoms with Crippen molar-refractivity contribution in [2.24, 2.45) is 0 Å². The Morgan fingerprint density at radius 3 is 1.04 bits per heavy atom. The minimum absolute atomic E-state index is 0.182. The molecule has 0 amide bonds. The van der Waals surface area contributed by atoms with Gasteiger partial charge in [0.15, 0.2) is 6.10 Å². The molecule has 2 unspecified atom stereocenters. The van der Waals surface area contributed by atoms with E-state index < -0.39 is 24.3 Å². The first kappa shape index (κ1) is 79.2. The number of quaternary nitrogens is 1. The summed E-state index contributed by atoms with van der Waals surface area (Å²) < 4.78 is 23.0. The highest BCUT2D eigenvalue weighted by Gasteiger charge is 2.25. The first-order chi connectivity index (χ1) is 40.6. The van der Waals surface area contributed by atoms with Crippen molar-refractivity contribution in [3.8, 4) is 0 Å². The quantitative estimate of drug-likeness (QED) is 0.0211. The van der Waals surface area contributed by atoms with Crippen LogP contribution in [0, 0.1) is 0 Å². The molecule has 0 rings (SSSR count). The third kappa shape index (κ3) is 65.6. The first-order valence-corrected chi connectivity index (χ1v) is 34.4. The first-order valence-electron chi connectivity index (χ1n) is 34.4. The molecule has 0 aromatic carbocycles. The van der Waals surface area contributed by atoms with Gasteiger partial charge in [-0.25, -0.2) is 4.79 Å². The van der Waals surface area contributed by atoms with E-state index in [1.165, 1.54) is 173 Å². The van der Waals surface area contributed by atoms with Gasteiger partial charge in [-0.15, -0.1) is 0 Å². The lowest BCUT2D eigenvalue weighted by molar-refractivity contribution is -0.870. The number of hydrogen-bond acceptors (Lipinski definition) is 7. The molecule has 1 N–H and O–H groups in total. The fourth-order valence-corrected chi connectivity index (χ4v) is 9.58. The number of aliphatic carboxylic acids is 1. The smallest absolute Gasteiger partial charge is 0.361 e. The van der Waals surface area contributed by atoms with Crippen molar-refractivity contribution in [3.05, 3.63) is 97.2 Å². The van der Waals surface area contributed by atoms with Gasteiger partial charge in [0.25, 0.3) is 6.29 Å². The lowest BCUT2D eigenvalue weighted by Crippen LogP contribution is -2.40. The number of carbonyl (C=O) groups is 3. The number of esters is 2. The summed E-state index contributed by atoms with van der Waals surface area (Å²) in [5, 5.41) is 9.74. The summed E-state index contributed by atoms with van der Waals surface area (Å²) in [4.78, 5) is 37.6. The molecule has 0 fully saturated rings. The molecule has 9 nitrogen and oxygen atoms in total. The van der Waals surface area contributed by atoms with Crippen molar-refractivity contribution >= 4 is 17.9 Å². The Morgan fingerprint density at radius 1 is 0.373 bits per heavy atom. The Bertz CT molecular complexity index is 1680. The number of carbonyl (C=O) groups excluding carboxylic acids is 2. The Kier molecular flexibility index (Phi) is 61.3. The van der Waals surface area contributed by atoms with E-state index in [1.807, 2.05) is 21.1 Å². The van der Waals surface area contributed by atoms with Crippen LogP contribution in [0.5, 0.6) is 0 Å². The number of unbranched alkanes of at least 4 members (excludes halogenated alkanes) is 32. The van der Waals surface area contributed by atoms with Crippen LogP contribution in [0.25, 0.3) is 0 Å². The van der Waals surface area contributed by atoms with Crippen LogP contribution in [0.3, 0.4) is 0 Å². The van der Waals surface area contributed by atoms with E-state index in [1.54, 1.807) is 0 Å². The molecular formula is C74H130NO8+. The molecule has 0 heterocycles. The van der Waals surface area contributed by atoms with E-state index in [-0.39, 0.29) is 32.2 Å². The number of allylic oxidation sites excluding steroid dienone is 16. The lowest BCUT2D eigenvalue weighted by Gasteiger charge is -2.25. The molecule has 0 spiro atoms. The highest BCUT2D eigenvalue weighted by Crippen LogP contribution is 2.17. The number of carboxylic acids is 1. The second-order valence-electron chi connectivity index (χ2n) is 24.1. The van der Waals surface area contributed by atoms with Crippen molar-refractivity contribution in [1.82, 2.24) is 0 Å². The third-order valence-corrected chi connectivity index (χ3v) is 14.8. The maximum absolute atomic E-state index is 12.9. The lowest BCUT2D eigenvalue weighted by atomic mass is 10.0. The van der Waals surface area contributed by atoms with Gasteiger partial charge in [0.2, 0.25) is 0 Å². The van der Waals surface area contributed by atoms with Crippen molar-refractivity contribution in [2.75, 3.05) is 47.5 Å². The second kappa shape index (κ2) is 64.2. The number of nitrogens with zero attached hydrogens (tertiary/aromatic N) is 1. The zero-order valence-electron chi connectivity index (χ0n) is 54.6. The summed E-state index contributed by atoms with van der Waals surface area (Å²) in [6.07, 6.45) is 85.1. The van der Waals surface area contributed by atoms with Crippen molar-refractivity contribution in [1.29, 1.82) is 0 Å². The van der Waals surface area contributed by atoms with Gasteiger partial charge >= 0.3 is 17.9 Å². The van der Waals surface area contributed by atoms with Gasteiger partial charge in [-0.05, 0) is 96.3 Å². The van der Waals surface area contributed by atoms with Gasteiger partial charge in [0.05, 0.1) is 34.4 Å². The summed E-state index contributed by atoms with van der Waals surface area (Å²) in [6.45, 7) is 4.77. The summed E-state index contributed by atoms with van der Waals surface area (Å²) >= 11 is 0. The van der Waals surface area contributed by atoms with E-state index in [9.17, 15) is 19.5 Å². The second-order valence-corrected chi connectivity index (χ2v) is 24.1. The minimum Gasteiger partial charge on any atom is -0.477 e. The predicted octanol–water partition coefficient (Wildman–Crippen LogP) is 21.2. The Hall–Kier alpha value is -3.79. The largest absolute Gasteiger partial charge is 0.477 e. The van der Waals surface area contributed by atoms with Crippen molar-refractivity contribution < 1.29 is 42.9 Å². The number of rotatable bonds is 63. The summed E-state index contributed by atoms with van der Waals surface area (Å²) in [5.74, 6) is -2.01. The van der Waals surface area contributed by atoms with Gasteiger partial charge < -0.3 is 28.5 Å². The monoisotopic (exact) mass is 1160 g/mol. The number of ether oxygens (including phenoxy) is 4. The molecule has 83 heavy (non-hydrogen) atoms. The van der Waals surface area contributed by atoms with Crippen LogP contribution < -0.4 is 0 Å². The topological polar surface area (TPSA) is 108 Å². The van der Waals surface area contributed by atoms with Crippen LogP contribution in [-0.2, 0) is 33.3 Å². The van der Waals surface area contributed by atoms with Gasteiger partial charge in [0.1, 0.15) is 13.2 Å².